The van der Waals surface area contributed by atoms with Crippen LogP contribution in [0.4, 0.5) is 5.82 Å². The summed E-state index contributed by atoms with van der Waals surface area (Å²) in [5.41, 5.74) is 0.633. The van der Waals surface area contributed by atoms with Crippen LogP contribution in [0.2, 0.25) is 0 Å². The number of rotatable bonds is 2. The van der Waals surface area contributed by atoms with Crippen LogP contribution in [0, 0.1) is 11.3 Å². The molecule has 3 nitrogen and oxygen atoms in total. The molecule has 2 rings (SSSR count). The van der Waals surface area contributed by atoms with Crippen LogP contribution in [-0.2, 0) is 0 Å². The lowest BCUT2D eigenvalue weighted by Crippen LogP contribution is -2.21. The van der Waals surface area contributed by atoms with Crippen LogP contribution < -0.4 is 4.90 Å². The van der Waals surface area contributed by atoms with E-state index in [0.29, 0.717) is 11.6 Å². The number of aromatic nitrogens is 1. The molecule has 72 valence electrons. The fourth-order valence-electron chi connectivity index (χ4n) is 1.43. The minimum absolute atomic E-state index is 0.579. The van der Waals surface area contributed by atoms with Crippen LogP contribution in [0.5, 0.6) is 0 Å². The first-order chi connectivity index (χ1) is 6.72. The Morgan fingerprint density at radius 1 is 1.64 bits per heavy atom. The maximum atomic E-state index is 8.96. The van der Waals surface area contributed by atoms with Gasteiger partial charge in [0.05, 0.1) is 5.56 Å². The third-order valence-corrected chi connectivity index (χ3v) is 2.82. The van der Waals surface area contributed by atoms with Crippen molar-refractivity contribution >= 4 is 21.7 Å². The van der Waals surface area contributed by atoms with Crippen LogP contribution >= 0.6 is 15.9 Å². The zero-order chi connectivity index (χ0) is 10.1. The quantitative estimate of drug-likeness (QED) is 0.810. The van der Waals surface area contributed by atoms with Gasteiger partial charge in [-0.1, -0.05) is 0 Å². The molecule has 1 saturated carbocycles. The summed E-state index contributed by atoms with van der Waals surface area (Å²) in [4.78, 5) is 6.36. The number of hydrogen-bond donors (Lipinski definition) is 0. The summed E-state index contributed by atoms with van der Waals surface area (Å²) in [5.74, 6) is 0.790. The summed E-state index contributed by atoms with van der Waals surface area (Å²) >= 11 is 3.31. The zero-order valence-corrected chi connectivity index (χ0v) is 9.45. The molecule has 14 heavy (non-hydrogen) atoms. The van der Waals surface area contributed by atoms with Gasteiger partial charge in [0.1, 0.15) is 11.9 Å². The molecule has 0 saturated heterocycles. The van der Waals surface area contributed by atoms with Crippen molar-refractivity contribution < 1.29 is 0 Å². The smallest absolute Gasteiger partial charge is 0.146 e. The van der Waals surface area contributed by atoms with E-state index in [9.17, 15) is 0 Å². The van der Waals surface area contributed by atoms with Gasteiger partial charge in [-0.25, -0.2) is 4.98 Å². The average Bonchev–Trinajstić information content (AvgIpc) is 3.00. The fourth-order valence-corrected chi connectivity index (χ4v) is 1.76. The van der Waals surface area contributed by atoms with Crippen LogP contribution in [-0.4, -0.2) is 18.1 Å². The van der Waals surface area contributed by atoms with Crippen molar-refractivity contribution in [2.45, 2.75) is 18.9 Å². The molecule has 0 spiro atoms. The molecule has 1 aliphatic rings. The molecule has 0 amide bonds. The highest BCUT2D eigenvalue weighted by molar-refractivity contribution is 9.10. The molecule has 4 heteroatoms. The Labute approximate surface area is 91.5 Å². The van der Waals surface area contributed by atoms with Crippen LogP contribution in [0.3, 0.4) is 0 Å². The van der Waals surface area contributed by atoms with Gasteiger partial charge in [-0.3, -0.25) is 0 Å². The average molecular weight is 252 g/mol. The number of pyridine rings is 1. The lowest BCUT2D eigenvalue weighted by Gasteiger charge is -2.18. The highest BCUT2D eigenvalue weighted by Gasteiger charge is 2.28. The zero-order valence-electron chi connectivity index (χ0n) is 7.87. The molecule has 0 aromatic carbocycles. The van der Waals surface area contributed by atoms with E-state index in [2.05, 4.69) is 31.9 Å². The molecule has 1 aromatic rings. The minimum Gasteiger partial charge on any atom is -0.356 e. The van der Waals surface area contributed by atoms with Gasteiger partial charge in [0.25, 0.3) is 0 Å². The summed E-state index contributed by atoms with van der Waals surface area (Å²) in [7, 11) is 1.99. The van der Waals surface area contributed by atoms with E-state index in [1.807, 2.05) is 7.05 Å². The summed E-state index contributed by atoms with van der Waals surface area (Å²) in [6.45, 7) is 0. The van der Waals surface area contributed by atoms with E-state index in [0.717, 1.165) is 10.3 Å². The Morgan fingerprint density at radius 3 is 2.93 bits per heavy atom. The molecule has 0 bridgehead atoms. The molecule has 0 atom stereocenters. The summed E-state index contributed by atoms with van der Waals surface area (Å²) < 4.78 is 0.849. The van der Waals surface area contributed by atoms with E-state index in [4.69, 9.17) is 5.26 Å². The summed E-state index contributed by atoms with van der Waals surface area (Å²) in [5, 5.41) is 8.96. The van der Waals surface area contributed by atoms with Gasteiger partial charge in [-0.15, -0.1) is 0 Å². The molecular formula is C10H10BrN3. The lowest BCUT2D eigenvalue weighted by atomic mass is 10.2. The van der Waals surface area contributed by atoms with Gasteiger partial charge in [0.2, 0.25) is 0 Å². The van der Waals surface area contributed by atoms with Gasteiger partial charge in [0.15, 0.2) is 0 Å². The Bertz CT molecular complexity index is 393. The van der Waals surface area contributed by atoms with E-state index < -0.39 is 0 Å². The van der Waals surface area contributed by atoms with Crippen molar-refractivity contribution in [3.63, 3.8) is 0 Å². The second-order valence-electron chi connectivity index (χ2n) is 3.48. The van der Waals surface area contributed by atoms with Gasteiger partial charge in [-0.2, -0.15) is 5.26 Å². The second kappa shape index (κ2) is 3.58. The van der Waals surface area contributed by atoms with Gasteiger partial charge >= 0.3 is 0 Å². The van der Waals surface area contributed by atoms with Crippen molar-refractivity contribution in [2.24, 2.45) is 0 Å². The first-order valence-corrected chi connectivity index (χ1v) is 5.30. The standard InChI is InChI=1S/C10H10BrN3/c1-14(9-2-3-9)10-7(5-12)4-8(11)6-13-10/h4,6,9H,2-3H2,1H3. The number of nitrogens with zero attached hydrogens (tertiary/aromatic N) is 3. The predicted octanol–water partition coefficient (Wildman–Crippen LogP) is 2.31. The molecular weight excluding hydrogens is 242 g/mol. The third-order valence-electron chi connectivity index (χ3n) is 2.38. The van der Waals surface area contributed by atoms with Crippen molar-refractivity contribution in [1.29, 1.82) is 5.26 Å². The molecule has 0 aliphatic heterocycles. The van der Waals surface area contributed by atoms with Gasteiger partial charge in [0, 0.05) is 23.8 Å². The van der Waals surface area contributed by atoms with E-state index in [1.54, 1.807) is 12.3 Å². The first kappa shape index (κ1) is 9.47. The summed E-state index contributed by atoms with van der Waals surface area (Å²) in [6, 6.07) is 4.55. The Hall–Kier alpha value is -1.08. The highest BCUT2D eigenvalue weighted by Crippen LogP contribution is 2.31. The van der Waals surface area contributed by atoms with Gasteiger partial charge < -0.3 is 4.90 Å². The number of halogens is 1. The maximum absolute atomic E-state index is 8.96. The van der Waals surface area contributed by atoms with Gasteiger partial charge in [-0.05, 0) is 34.8 Å². The minimum atomic E-state index is 0.579. The molecule has 0 radical (unpaired) electrons. The second-order valence-corrected chi connectivity index (χ2v) is 4.39. The Kier molecular flexibility index (Phi) is 2.42. The Balaban J connectivity index is 2.36. The normalized spacial score (nSPS) is 14.9. The number of nitriles is 1. The predicted molar refractivity (Wildman–Crippen MR) is 58.1 cm³/mol. The molecule has 0 N–H and O–H groups in total. The Morgan fingerprint density at radius 2 is 2.36 bits per heavy atom. The van der Waals surface area contributed by atoms with Crippen molar-refractivity contribution in [1.82, 2.24) is 4.98 Å². The van der Waals surface area contributed by atoms with Crippen molar-refractivity contribution in [3.05, 3.63) is 22.3 Å². The molecule has 1 heterocycles. The molecule has 1 fully saturated rings. The fraction of sp³-hybridized carbons (Fsp3) is 0.400. The van der Waals surface area contributed by atoms with Crippen LogP contribution in [0.1, 0.15) is 18.4 Å². The highest BCUT2D eigenvalue weighted by atomic mass is 79.9. The third kappa shape index (κ3) is 1.73. The largest absolute Gasteiger partial charge is 0.356 e. The maximum Gasteiger partial charge on any atom is 0.146 e. The van der Waals surface area contributed by atoms with Crippen LogP contribution in [0.15, 0.2) is 16.7 Å². The topological polar surface area (TPSA) is 39.9 Å². The van der Waals surface area contributed by atoms with Crippen molar-refractivity contribution in [3.8, 4) is 6.07 Å². The number of hydrogen-bond acceptors (Lipinski definition) is 3. The number of anilines is 1. The summed E-state index contributed by atoms with van der Waals surface area (Å²) in [6.07, 6.45) is 4.15. The van der Waals surface area contributed by atoms with E-state index >= 15 is 0 Å². The molecule has 0 unspecified atom stereocenters. The first-order valence-electron chi connectivity index (χ1n) is 4.51. The lowest BCUT2D eigenvalue weighted by molar-refractivity contribution is 0.888. The van der Waals surface area contributed by atoms with E-state index in [1.165, 1.54) is 12.8 Å². The molecule has 1 aliphatic carbocycles. The van der Waals surface area contributed by atoms with Crippen molar-refractivity contribution in [2.75, 3.05) is 11.9 Å². The molecule has 1 aromatic heterocycles. The van der Waals surface area contributed by atoms with Crippen LogP contribution in [0.25, 0.3) is 0 Å². The SMILES string of the molecule is CN(c1ncc(Br)cc1C#N)C1CC1. The van der Waals surface area contributed by atoms with E-state index in [-0.39, 0.29) is 0 Å². The monoisotopic (exact) mass is 251 g/mol.